The predicted molar refractivity (Wildman–Crippen MR) is 92.8 cm³/mol. The Bertz CT molecular complexity index is 836. The lowest BCUT2D eigenvalue weighted by Gasteiger charge is -2.14. The summed E-state index contributed by atoms with van der Waals surface area (Å²) < 4.78 is 1.80. The molecule has 0 N–H and O–H groups in total. The molecule has 0 bridgehead atoms. The molecule has 1 fully saturated rings. The van der Waals surface area contributed by atoms with E-state index in [-0.39, 0.29) is 5.91 Å². The van der Waals surface area contributed by atoms with Gasteiger partial charge < -0.3 is 4.90 Å². The molecule has 0 aliphatic carbocycles. The molecule has 0 unspecified atom stereocenters. The van der Waals surface area contributed by atoms with Crippen molar-refractivity contribution in [2.24, 2.45) is 0 Å². The third-order valence-corrected chi connectivity index (χ3v) is 5.21. The Labute approximate surface area is 144 Å². The molecule has 0 atom stereocenters. The molecule has 24 heavy (non-hydrogen) atoms. The van der Waals surface area contributed by atoms with Crippen LogP contribution in [0.4, 0.5) is 0 Å². The lowest BCUT2D eigenvalue weighted by molar-refractivity contribution is -0.130. The summed E-state index contributed by atoms with van der Waals surface area (Å²) in [5.41, 5.74) is 1.71. The van der Waals surface area contributed by atoms with Crippen molar-refractivity contribution in [1.29, 1.82) is 0 Å². The van der Waals surface area contributed by atoms with Gasteiger partial charge in [-0.3, -0.25) is 4.79 Å². The first-order valence-corrected chi connectivity index (χ1v) is 9.22. The zero-order chi connectivity index (χ0) is 16.4. The molecule has 7 heteroatoms. The minimum atomic E-state index is 0.275. The van der Waals surface area contributed by atoms with Crippen LogP contribution in [0, 0.1) is 0 Å². The van der Waals surface area contributed by atoms with E-state index < -0.39 is 0 Å². The Hall–Kier alpha value is -2.28. The van der Waals surface area contributed by atoms with Gasteiger partial charge in [0.1, 0.15) is 0 Å². The van der Waals surface area contributed by atoms with Crippen LogP contribution in [0.5, 0.6) is 0 Å². The first-order chi connectivity index (χ1) is 11.8. The largest absolute Gasteiger partial charge is 0.343 e. The molecular formula is C17H19N5OS. The van der Waals surface area contributed by atoms with Crippen LogP contribution in [-0.2, 0) is 11.2 Å². The number of rotatable bonds is 5. The maximum atomic E-state index is 12.1. The van der Waals surface area contributed by atoms with Crippen molar-refractivity contribution in [3.05, 3.63) is 35.3 Å². The molecule has 0 radical (unpaired) electrons. The van der Waals surface area contributed by atoms with Crippen molar-refractivity contribution in [3.8, 4) is 10.7 Å². The minimum absolute atomic E-state index is 0.275. The summed E-state index contributed by atoms with van der Waals surface area (Å²) in [5.74, 6) is 1.05. The van der Waals surface area contributed by atoms with Gasteiger partial charge in [0.15, 0.2) is 11.5 Å². The maximum absolute atomic E-state index is 12.1. The lowest BCUT2D eigenvalue weighted by Crippen LogP contribution is -2.27. The smallest absolute Gasteiger partial charge is 0.222 e. The van der Waals surface area contributed by atoms with Gasteiger partial charge in [0.05, 0.1) is 10.6 Å². The highest BCUT2D eigenvalue weighted by Crippen LogP contribution is 2.22. The summed E-state index contributed by atoms with van der Waals surface area (Å²) in [4.78, 5) is 15.1. The van der Waals surface area contributed by atoms with E-state index in [9.17, 15) is 4.79 Å². The number of fused-ring (bicyclic) bond motifs is 1. The van der Waals surface area contributed by atoms with E-state index in [1.165, 1.54) is 0 Å². The molecule has 6 nitrogen and oxygen atoms in total. The highest BCUT2D eigenvalue weighted by atomic mass is 32.1. The number of thiophene rings is 1. The fourth-order valence-electron chi connectivity index (χ4n) is 3.07. The number of carbonyl (C=O) groups excluding carboxylic acids is 1. The fraction of sp³-hybridized carbons (Fsp3) is 0.412. The maximum Gasteiger partial charge on any atom is 0.222 e. The molecule has 0 saturated carbocycles. The molecule has 3 aromatic rings. The molecular weight excluding hydrogens is 322 g/mol. The number of hydrogen-bond acceptors (Lipinski definition) is 5. The zero-order valence-corrected chi connectivity index (χ0v) is 14.2. The Kier molecular flexibility index (Phi) is 4.25. The van der Waals surface area contributed by atoms with Crippen molar-refractivity contribution in [2.75, 3.05) is 13.1 Å². The predicted octanol–water partition coefficient (Wildman–Crippen LogP) is 2.80. The van der Waals surface area contributed by atoms with Gasteiger partial charge in [0.2, 0.25) is 5.91 Å². The number of aromatic nitrogens is 4. The van der Waals surface area contributed by atoms with Crippen LogP contribution < -0.4 is 0 Å². The number of aryl methyl sites for hydroxylation is 1. The summed E-state index contributed by atoms with van der Waals surface area (Å²) in [6.45, 7) is 1.85. The van der Waals surface area contributed by atoms with Crippen LogP contribution in [0.2, 0.25) is 0 Å². The SMILES string of the molecule is O=C(CCCc1ccc2nnc(-c3cccs3)n2n1)N1CCCC1. The quantitative estimate of drug-likeness (QED) is 0.716. The molecule has 1 amide bonds. The van der Waals surface area contributed by atoms with Crippen molar-refractivity contribution >= 4 is 22.9 Å². The van der Waals surface area contributed by atoms with Crippen LogP contribution in [0.15, 0.2) is 29.6 Å². The first kappa shape index (κ1) is 15.3. The summed E-state index contributed by atoms with van der Waals surface area (Å²) in [7, 11) is 0. The topological polar surface area (TPSA) is 63.4 Å². The van der Waals surface area contributed by atoms with E-state index in [2.05, 4.69) is 15.3 Å². The Morgan fingerprint density at radius 3 is 2.83 bits per heavy atom. The molecule has 0 spiro atoms. The van der Waals surface area contributed by atoms with Crippen molar-refractivity contribution in [3.63, 3.8) is 0 Å². The second-order valence-corrected chi connectivity index (χ2v) is 6.98. The van der Waals surface area contributed by atoms with Crippen LogP contribution >= 0.6 is 11.3 Å². The van der Waals surface area contributed by atoms with Gasteiger partial charge in [-0.1, -0.05) is 6.07 Å². The van der Waals surface area contributed by atoms with Gasteiger partial charge >= 0.3 is 0 Å². The number of carbonyl (C=O) groups is 1. The molecule has 1 aliphatic heterocycles. The third kappa shape index (κ3) is 3.03. The average Bonchev–Trinajstić information content (AvgIpc) is 3.34. The molecule has 3 aromatic heterocycles. The van der Waals surface area contributed by atoms with E-state index in [1.807, 2.05) is 34.5 Å². The fourth-order valence-corrected chi connectivity index (χ4v) is 3.76. The zero-order valence-electron chi connectivity index (χ0n) is 13.4. The van der Waals surface area contributed by atoms with Crippen LogP contribution in [0.1, 0.15) is 31.4 Å². The average molecular weight is 341 g/mol. The van der Waals surface area contributed by atoms with E-state index in [0.29, 0.717) is 6.42 Å². The van der Waals surface area contributed by atoms with Crippen LogP contribution in [0.3, 0.4) is 0 Å². The monoisotopic (exact) mass is 341 g/mol. The summed E-state index contributed by atoms with van der Waals surface area (Å²) in [6, 6.07) is 7.93. The van der Waals surface area contributed by atoms with Gasteiger partial charge in [0.25, 0.3) is 0 Å². The minimum Gasteiger partial charge on any atom is -0.343 e. The molecule has 1 aliphatic rings. The normalized spacial score (nSPS) is 14.6. The van der Waals surface area contributed by atoms with E-state index >= 15 is 0 Å². The molecule has 124 valence electrons. The van der Waals surface area contributed by atoms with Gasteiger partial charge in [0, 0.05) is 19.5 Å². The number of nitrogens with zero attached hydrogens (tertiary/aromatic N) is 5. The molecule has 0 aromatic carbocycles. The van der Waals surface area contributed by atoms with E-state index in [0.717, 1.165) is 60.8 Å². The van der Waals surface area contributed by atoms with E-state index in [1.54, 1.807) is 15.9 Å². The Morgan fingerprint density at radius 2 is 2.04 bits per heavy atom. The third-order valence-electron chi connectivity index (χ3n) is 4.34. The lowest BCUT2D eigenvalue weighted by atomic mass is 10.1. The van der Waals surface area contributed by atoms with Gasteiger partial charge in [-0.15, -0.1) is 21.5 Å². The summed E-state index contributed by atoms with van der Waals surface area (Å²) in [6.07, 6.45) is 4.49. The number of amides is 1. The standard InChI is InChI=1S/C17H19N5OS/c23-16(21-10-1-2-11-21)7-3-5-13-8-9-15-18-19-17(22(15)20-13)14-6-4-12-24-14/h4,6,8-9,12H,1-3,5,7,10-11H2. The van der Waals surface area contributed by atoms with Gasteiger partial charge in [-0.25, -0.2) is 0 Å². The van der Waals surface area contributed by atoms with Crippen molar-refractivity contribution in [1.82, 2.24) is 24.7 Å². The van der Waals surface area contributed by atoms with Crippen molar-refractivity contribution in [2.45, 2.75) is 32.1 Å². The second-order valence-electron chi connectivity index (χ2n) is 6.04. The molecule has 4 heterocycles. The number of likely N-dealkylation sites (tertiary alicyclic amines) is 1. The summed E-state index contributed by atoms with van der Waals surface area (Å²) >= 11 is 1.62. The first-order valence-electron chi connectivity index (χ1n) is 8.34. The molecule has 1 saturated heterocycles. The summed E-state index contributed by atoms with van der Waals surface area (Å²) in [5, 5.41) is 15.1. The van der Waals surface area contributed by atoms with Crippen molar-refractivity contribution < 1.29 is 4.79 Å². The van der Waals surface area contributed by atoms with E-state index in [4.69, 9.17) is 0 Å². The van der Waals surface area contributed by atoms with Crippen LogP contribution in [0.25, 0.3) is 16.3 Å². The highest BCUT2D eigenvalue weighted by Gasteiger charge is 2.17. The van der Waals surface area contributed by atoms with Gasteiger partial charge in [-0.05, 0) is 49.3 Å². The Balaban J connectivity index is 1.44. The van der Waals surface area contributed by atoms with Gasteiger partial charge in [-0.2, -0.15) is 9.61 Å². The van der Waals surface area contributed by atoms with Crippen LogP contribution in [-0.4, -0.2) is 43.7 Å². The number of hydrogen-bond donors (Lipinski definition) is 0. The Morgan fingerprint density at radius 1 is 1.17 bits per heavy atom. The molecule has 4 rings (SSSR count). The second kappa shape index (κ2) is 6.68. The highest BCUT2D eigenvalue weighted by molar-refractivity contribution is 7.13.